The summed E-state index contributed by atoms with van der Waals surface area (Å²) in [4.78, 5) is 23.1. The number of nitrogens with one attached hydrogen (secondary N) is 2. The Labute approximate surface area is 150 Å². The van der Waals surface area contributed by atoms with Crippen LogP contribution in [0.2, 0.25) is 0 Å². The molecule has 0 unspecified atom stereocenters. The zero-order chi connectivity index (χ0) is 19.2. The largest absolute Gasteiger partial charge is 0.513 e. The van der Waals surface area contributed by atoms with Gasteiger partial charge < -0.3 is 20.1 Å². The van der Waals surface area contributed by atoms with E-state index in [1.54, 1.807) is 6.92 Å². The third kappa shape index (κ3) is 5.76. The minimum absolute atomic E-state index is 0.0550. The molecule has 0 aliphatic rings. The van der Waals surface area contributed by atoms with Crippen molar-refractivity contribution in [2.24, 2.45) is 5.14 Å². The van der Waals surface area contributed by atoms with Crippen molar-refractivity contribution in [3.8, 4) is 5.75 Å². The standard InChI is InChI=1S/C16H17N3O6S/c1-2-24-16(21)25-13-7-3-11(4-8-13)18-15(20)19-12-5-9-14(10-6-12)26(17,22)23/h3-10H,2H2,1H3,(H2,17,22,23)(H2,18,19,20). The first-order valence-corrected chi connectivity index (χ1v) is 8.98. The number of urea groups is 1. The van der Waals surface area contributed by atoms with Gasteiger partial charge in [-0.3, -0.25) is 0 Å². The summed E-state index contributed by atoms with van der Waals surface area (Å²) < 4.78 is 31.9. The molecule has 0 spiro atoms. The summed E-state index contributed by atoms with van der Waals surface area (Å²) >= 11 is 0. The van der Waals surface area contributed by atoms with E-state index in [1.807, 2.05) is 0 Å². The Bertz CT molecular complexity index is 879. The van der Waals surface area contributed by atoms with Crippen LogP contribution in [0.3, 0.4) is 0 Å². The molecule has 0 fully saturated rings. The zero-order valence-electron chi connectivity index (χ0n) is 13.8. The number of carbonyl (C=O) groups is 2. The number of carbonyl (C=O) groups excluding carboxylic acids is 2. The van der Waals surface area contributed by atoms with Gasteiger partial charge in [-0.15, -0.1) is 0 Å². The fraction of sp³-hybridized carbons (Fsp3) is 0.125. The molecule has 0 heterocycles. The van der Waals surface area contributed by atoms with Crippen LogP contribution in [0, 0.1) is 0 Å². The minimum atomic E-state index is -3.79. The lowest BCUT2D eigenvalue weighted by molar-refractivity contribution is 0.104. The maximum absolute atomic E-state index is 11.9. The first-order valence-electron chi connectivity index (χ1n) is 7.43. The molecular formula is C16H17N3O6S. The molecule has 2 aromatic rings. The van der Waals surface area contributed by atoms with E-state index >= 15 is 0 Å². The van der Waals surface area contributed by atoms with E-state index in [-0.39, 0.29) is 17.3 Å². The maximum atomic E-state index is 11.9. The Morgan fingerprint density at radius 1 is 0.962 bits per heavy atom. The second kappa shape index (κ2) is 8.32. The van der Waals surface area contributed by atoms with Crippen LogP contribution in [-0.4, -0.2) is 27.2 Å². The number of rotatable bonds is 5. The van der Waals surface area contributed by atoms with Gasteiger partial charge in [0.2, 0.25) is 10.0 Å². The summed E-state index contributed by atoms with van der Waals surface area (Å²) in [6.45, 7) is 1.87. The fourth-order valence-electron chi connectivity index (χ4n) is 1.87. The highest BCUT2D eigenvalue weighted by atomic mass is 32.2. The highest BCUT2D eigenvalue weighted by molar-refractivity contribution is 7.89. The monoisotopic (exact) mass is 379 g/mol. The third-order valence-electron chi connectivity index (χ3n) is 3.02. The number of anilines is 2. The van der Waals surface area contributed by atoms with Crippen molar-refractivity contribution >= 4 is 33.6 Å². The van der Waals surface area contributed by atoms with Crippen molar-refractivity contribution in [3.63, 3.8) is 0 Å². The number of hydrogen-bond acceptors (Lipinski definition) is 6. The predicted octanol–water partition coefficient (Wildman–Crippen LogP) is 2.51. The Kier molecular flexibility index (Phi) is 6.15. The molecular weight excluding hydrogens is 362 g/mol. The molecule has 10 heteroatoms. The summed E-state index contributed by atoms with van der Waals surface area (Å²) in [7, 11) is -3.79. The highest BCUT2D eigenvalue weighted by Gasteiger charge is 2.09. The normalized spacial score (nSPS) is 10.7. The van der Waals surface area contributed by atoms with Gasteiger partial charge in [-0.25, -0.2) is 23.1 Å². The Morgan fingerprint density at radius 3 is 1.92 bits per heavy atom. The number of benzene rings is 2. The first kappa shape index (κ1) is 19.2. The van der Waals surface area contributed by atoms with Gasteiger partial charge >= 0.3 is 12.2 Å². The summed E-state index contributed by atoms with van der Waals surface area (Å²) in [5, 5.41) is 10.1. The van der Waals surface area contributed by atoms with E-state index < -0.39 is 22.2 Å². The Morgan fingerprint density at radius 2 is 1.46 bits per heavy atom. The summed E-state index contributed by atoms with van der Waals surface area (Å²) in [5.74, 6) is 0.271. The molecule has 0 bridgehead atoms. The summed E-state index contributed by atoms with van der Waals surface area (Å²) in [6.07, 6.45) is -0.811. The number of hydrogen-bond donors (Lipinski definition) is 3. The molecule has 0 saturated carbocycles. The molecule has 9 nitrogen and oxygen atoms in total. The van der Waals surface area contributed by atoms with Crippen molar-refractivity contribution in [1.82, 2.24) is 0 Å². The smallest absolute Gasteiger partial charge is 0.434 e. The molecule has 0 aliphatic heterocycles. The predicted molar refractivity (Wildman–Crippen MR) is 94.5 cm³/mol. The summed E-state index contributed by atoms with van der Waals surface area (Å²) in [6, 6.07) is 10.9. The fourth-order valence-corrected chi connectivity index (χ4v) is 2.39. The van der Waals surface area contributed by atoms with Gasteiger partial charge in [0.15, 0.2) is 0 Å². The number of amides is 2. The topological polar surface area (TPSA) is 137 Å². The SMILES string of the molecule is CCOC(=O)Oc1ccc(NC(=O)Nc2ccc(S(N)(=O)=O)cc2)cc1. The van der Waals surface area contributed by atoms with Gasteiger partial charge in [0.25, 0.3) is 0 Å². The van der Waals surface area contributed by atoms with Crippen molar-refractivity contribution in [3.05, 3.63) is 48.5 Å². The molecule has 0 aliphatic carbocycles. The van der Waals surface area contributed by atoms with Crippen LogP contribution < -0.4 is 20.5 Å². The second-order valence-corrected chi connectivity index (χ2v) is 6.52. The van der Waals surface area contributed by atoms with Crippen LogP contribution in [0.4, 0.5) is 21.0 Å². The number of sulfonamides is 1. The van der Waals surface area contributed by atoms with Crippen LogP contribution in [0.25, 0.3) is 0 Å². The maximum Gasteiger partial charge on any atom is 0.513 e. The van der Waals surface area contributed by atoms with E-state index in [9.17, 15) is 18.0 Å². The quantitative estimate of drug-likeness (QED) is 0.539. The lowest BCUT2D eigenvalue weighted by Crippen LogP contribution is -2.19. The lowest BCUT2D eigenvalue weighted by atomic mass is 10.3. The molecule has 2 amide bonds. The summed E-state index contributed by atoms with van der Waals surface area (Å²) in [5.41, 5.74) is 0.844. The molecule has 2 rings (SSSR count). The molecule has 0 radical (unpaired) electrons. The molecule has 0 saturated heterocycles. The lowest BCUT2D eigenvalue weighted by Gasteiger charge is -2.09. The number of nitrogens with two attached hydrogens (primary N) is 1. The van der Waals surface area contributed by atoms with E-state index in [2.05, 4.69) is 15.4 Å². The van der Waals surface area contributed by atoms with Crippen molar-refractivity contribution in [2.75, 3.05) is 17.2 Å². The van der Waals surface area contributed by atoms with E-state index in [0.29, 0.717) is 11.4 Å². The molecule has 26 heavy (non-hydrogen) atoms. The van der Waals surface area contributed by atoms with Crippen LogP contribution >= 0.6 is 0 Å². The van der Waals surface area contributed by atoms with Crippen LogP contribution in [0.1, 0.15) is 6.92 Å². The van der Waals surface area contributed by atoms with Gasteiger partial charge in [-0.05, 0) is 55.5 Å². The Balaban J connectivity index is 1.92. The molecule has 2 aromatic carbocycles. The molecule has 4 N–H and O–H groups in total. The van der Waals surface area contributed by atoms with Gasteiger partial charge in [-0.2, -0.15) is 0 Å². The average molecular weight is 379 g/mol. The van der Waals surface area contributed by atoms with Crippen molar-refractivity contribution in [1.29, 1.82) is 0 Å². The van der Waals surface area contributed by atoms with Crippen LogP contribution in [0.15, 0.2) is 53.4 Å². The van der Waals surface area contributed by atoms with E-state index in [4.69, 9.17) is 9.88 Å². The van der Waals surface area contributed by atoms with Gasteiger partial charge in [0.05, 0.1) is 11.5 Å². The van der Waals surface area contributed by atoms with E-state index in [0.717, 1.165) is 0 Å². The number of primary sulfonamides is 1. The highest BCUT2D eigenvalue weighted by Crippen LogP contribution is 2.17. The zero-order valence-corrected chi connectivity index (χ0v) is 14.6. The van der Waals surface area contributed by atoms with Gasteiger partial charge in [0.1, 0.15) is 5.75 Å². The van der Waals surface area contributed by atoms with Gasteiger partial charge in [0, 0.05) is 11.4 Å². The average Bonchev–Trinajstić information content (AvgIpc) is 2.56. The Hall–Kier alpha value is -3.11. The molecule has 0 atom stereocenters. The van der Waals surface area contributed by atoms with Crippen molar-refractivity contribution in [2.45, 2.75) is 11.8 Å². The second-order valence-electron chi connectivity index (χ2n) is 4.96. The molecule has 0 aromatic heterocycles. The number of ether oxygens (including phenoxy) is 2. The van der Waals surface area contributed by atoms with Crippen LogP contribution in [-0.2, 0) is 14.8 Å². The van der Waals surface area contributed by atoms with E-state index in [1.165, 1.54) is 48.5 Å². The first-order chi connectivity index (χ1) is 12.3. The molecule has 138 valence electrons. The van der Waals surface area contributed by atoms with Crippen LogP contribution in [0.5, 0.6) is 5.75 Å². The minimum Gasteiger partial charge on any atom is -0.434 e. The van der Waals surface area contributed by atoms with Crippen molar-refractivity contribution < 1.29 is 27.5 Å². The third-order valence-corrected chi connectivity index (χ3v) is 3.95. The van der Waals surface area contributed by atoms with Gasteiger partial charge in [-0.1, -0.05) is 0 Å².